The molecule has 0 aliphatic heterocycles. The van der Waals surface area contributed by atoms with Crippen LogP contribution in [-0.2, 0) is 9.47 Å². The number of carboxylic acid groups (broad SMARTS) is 2. The summed E-state index contributed by atoms with van der Waals surface area (Å²) >= 11 is 0. The normalized spacial score (nSPS) is 13.2. The number of hydrogen-bond acceptors (Lipinski definition) is 5. The standard InChI is InChI=1S/C24H47NO6/c1-4-7-8-9-10-11-12-13-14-15-17-21(30-23(26)27)20-22(31-24(28)29)18-16-19-25(5-2)6-3/h21-22H,4-20H2,1-3H3,(H,26,27)(H,28,29). The van der Waals surface area contributed by atoms with Crippen LogP contribution >= 0.6 is 0 Å². The van der Waals surface area contributed by atoms with Gasteiger partial charge in [0.2, 0.25) is 0 Å². The SMILES string of the molecule is CCCCCCCCCCCCC(CC(CCCN(CC)CC)OC(=O)O)OC(=O)O. The fraction of sp³-hybridized carbons (Fsp3) is 0.917. The monoisotopic (exact) mass is 445 g/mol. The van der Waals surface area contributed by atoms with E-state index in [1.807, 2.05) is 0 Å². The van der Waals surface area contributed by atoms with Crippen LogP contribution in [0.3, 0.4) is 0 Å². The third-order valence-electron chi connectivity index (χ3n) is 5.84. The highest BCUT2D eigenvalue weighted by molar-refractivity contribution is 5.57. The Balaban J connectivity index is 4.30. The molecular formula is C24H47NO6. The maximum absolute atomic E-state index is 11.1. The summed E-state index contributed by atoms with van der Waals surface area (Å²) in [5.41, 5.74) is 0. The van der Waals surface area contributed by atoms with Crippen LogP contribution in [0.1, 0.15) is 111 Å². The molecule has 0 amide bonds. The molecule has 0 aliphatic carbocycles. The minimum atomic E-state index is -1.32. The zero-order chi connectivity index (χ0) is 23.3. The molecule has 2 N–H and O–H groups in total. The Hall–Kier alpha value is -1.50. The second-order valence-electron chi connectivity index (χ2n) is 8.39. The van der Waals surface area contributed by atoms with Gasteiger partial charge in [-0.3, -0.25) is 0 Å². The minimum absolute atomic E-state index is 0.286. The van der Waals surface area contributed by atoms with Crippen molar-refractivity contribution in [3.8, 4) is 0 Å². The van der Waals surface area contributed by atoms with Crippen molar-refractivity contribution in [1.29, 1.82) is 0 Å². The van der Waals surface area contributed by atoms with Crippen molar-refractivity contribution in [3.05, 3.63) is 0 Å². The van der Waals surface area contributed by atoms with Gasteiger partial charge in [0.05, 0.1) is 0 Å². The molecule has 2 unspecified atom stereocenters. The van der Waals surface area contributed by atoms with Crippen molar-refractivity contribution in [1.82, 2.24) is 4.90 Å². The van der Waals surface area contributed by atoms with Gasteiger partial charge in [-0.1, -0.05) is 78.6 Å². The van der Waals surface area contributed by atoms with E-state index in [2.05, 4.69) is 25.7 Å². The molecule has 2 atom stereocenters. The van der Waals surface area contributed by atoms with Gasteiger partial charge in [-0.05, 0) is 45.3 Å². The van der Waals surface area contributed by atoms with Gasteiger partial charge in [-0.2, -0.15) is 0 Å². The molecule has 0 aromatic heterocycles. The van der Waals surface area contributed by atoms with Crippen LogP contribution < -0.4 is 0 Å². The summed E-state index contributed by atoms with van der Waals surface area (Å²) in [6.07, 6.45) is 10.7. The van der Waals surface area contributed by atoms with E-state index in [1.165, 1.54) is 44.9 Å². The molecule has 0 aliphatic rings. The van der Waals surface area contributed by atoms with Crippen LogP contribution in [0.4, 0.5) is 9.59 Å². The number of carbonyl (C=O) groups is 2. The largest absolute Gasteiger partial charge is 0.506 e. The first-order valence-corrected chi connectivity index (χ1v) is 12.4. The van der Waals surface area contributed by atoms with Gasteiger partial charge in [0.25, 0.3) is 0 Å². The van der Waals surface area contributed by atoms with Gasteiger partial charge in [-0.15, -0.1) is 0 Å². The van der Waals surface area contributed by atoms with Crippen molar-refractivity contribution in [2.75, 3.05) is 19.6 Å². The average Bonchev–Trinajstić information content (AvgIpc) is 2.71. The van der Waals surface area contributed by atoms with E-state index in [9.17, 15) is 9.59 Å². The van der Waals surface area contributed by atoms with Crippen molar-refractivity contribution >= 4 is 12.3 Å². The Bertz CT molecular complexity index is 442. The predicted molar refractivity (Wildman–Crippen MR) is 124 cm³/mol. The summed E-state index contributed by atoms with van der Waals surface area (Å²) in [6.45, 7) is 9.18. The maximum Gasteiger partial charge on any atom is 0.506 e. The van der Waals surface area contributed by atoms with Gasteiger partial charge < -0.3 is 24.6 Å². The second kappa shape index (κ2) is 20.4. The molecule has 0 aromatic carbocycles. The zero-order valence-corrected chi connectivity index (χ0v) is 20.2. The summed E-state index contributed by atoms with van der Waals surface area (Å²) in [6, 6.07) is 0. The highest BCUT2D eigenvalue weighted by Gasteiger charge is 2.23. The first-order valence-electron chi connectivity index (χ1n) is 12.4. The topological polar surface area (TPSA) is 96.3 Å². The molecule has 0 bridgehead atoms. The summed E-state index contributed by atoms with van der Waals surface area (Å²) in [7, 11) is 0. The van der Waals surface area contributed by atoms with Gasteiger partial charge >= 0.3 is 12.3 Å². The Morgan fingerprint density at radius 1 is 0.677 bits per heavy atom. The molecule has 0 radical (unpaired) electrons. The maximum atomic E-state index is 11.1. The zero-order valence-electron chi connectivity index (χ0n) is 20.2. The Kier molecular flexibility index (Phi) is 19.4. The highest BCUT2D eigenvalue weighted by Crippen LogP contribution is 2.19. The Morgan fingerprint density at radius 3 is 1.52 bits per heavy atom. The lowest BCUT2D eigenvalue weighted by molar-refractivity contribution is -0.00215. The number of nitrogens with zero attached hydrogens (tertiary/aromatic N) is 1. The molecular weight excluding hydrogens is 398 g/mol. The van der Waals surface area contributed by atoms with Crippen molar-refractivity contribution < 1.29 is 29.3 Å². The van der Waals surface area contributed by atoms with Gasteiger partial charge in [0, 0.05) is 6.42 Å². The molecule has 0 aromatic rings. The molecule has 7 heteroatoms. The molecule has 0 heterocycles. The van der Waals surface area contributed by atoms with E-state index in [4.69, 9.17) is 19.7 Å². The van der Waals surface area contributed by atoms with E-state index < -0.39 is 24.5 Å². The van der Waals surface area contributed by atoms with Crippen LogP contribution in [0.25, 0.3) is 0 Å². The molecule has 0 spiro atoms. The lowest BCUT2D eigenvalue weighted by atomic mass is 10.0. The molecule has 184 valence electrons. The summed E-state index contributed by atoms with van der Waals surface area (Å²) < 4.78 is 10.1. The summed E-state index contributed by atoms with van der Waals surface area (Å²) in [4.78, 5) is 24.4. The smallest absolute Gasteiger partial charge is 0.450 e. The Labute approximate surface area is 189 Å². The van der Waals surface area contributed by atoms with E-state index in [0.29, 0.717) is 12.8 Å². The number of unbranched alkanes of at least 4 members (excludes halogenated alkanes) is 9. The third-order valence-corrected chi connectivity index (χ3v) is 5.84. The van der Waals surface area contributed by atoms with Crippen molar-refractivity contribution in [2.24, 2.45) is 0 Å². The molecule has 0 saturated carbocycles. The van der Waals surface area contributed by atoms with E-state index in [-0.39, 0.29) is 6.42 Å². The summed E-state index contributed by atoms with van der Waals surface area (Å²) in [5, 5.41) is 18.1. The van der Waals surface area contributed by atoms with E-state index in [1.54, 1.807) is 0 Å². The molecule has 0 saturated heterocycles. The first-order chi connectivity index (χ1) is 14.9. The molecule has 0 fully saturated rings. The van der Waals surface area contributed by atoms with Crippen LogP contribution in [0, 0.1) is 0 Å². The van der Waals surface area contributed by atoms with E-state index in [0.717, 1.165) is 45.3 Å². The first kappa shape index (κ1) is 29.5. The highest BCUT2D eigenvalue weighted by atomic mass is 16.7. The van der Waals surface area contributed by atoms with E-state index >= 15 is 0 Å². The fourth-order valence-electron chi connectivity index (χ4n) is 3.97. The van der Waals surface area contributed by atoms with Crippen LogP contribution in [0.2, 0.25) is 0 Å². The number of rotatable bonds is 21. The van der Waals surface area contributed by atoms with Crippen molar-refractivity contribution in [3.63, 3.8) is 0 Å². The quantitative estimate of drug-likeness (QED) is 0.146. The lowest BCUT2D eigenvalue weighted by Gasteiger charge is -2.23. The molecule has 31 heavy (non-hydrogen) atoms. The van der Waals surface area contributed by atoms with Crippen LogP contribution in [0.15, 0.2) is 0 Å². The average molecular weight is 446 g/mol. The van der Waals surface area contributed by atoms with Crippen LogP contribution in [-0.4, -0.2) is 59.3 Å². The van der Waals surface area contributed by atoms with Crippen molar-refractivity contribution in [2.45, 2.75) is 123 Å². The van der Waals surface area contributed by atoms with Gasteiger partial charge in [0.1, 0.15) is 12.2 Å². The van der Waals surface area contributed by atoms with Crippen LogP contribution in [0.5, 0.6) is 0 Å². The third kappa shape index (κ3) is 18.9. The minimum Gasteiger partial charge on any atom is -0.450 e. The predicted octanol–water partition coefficient (Wildman–Crippen LogP) is 6.94. The second-order valence-corrected chi connectivity index (χ2v) is 8.39. The summed E-state index contributed by atoms with van der Waals surface area (Å²) in [5.74, 6) is 0. The van der Waals surface area contributed by atoms with Gasteiger partial charge in [-0.25, -0.2) is 9.59 Å². The number of hydrogen-bond donors (Lipinski definition) is 2. The van der Waals surface area contributed by atoms with Gasteiger partial charge in [0.15, 0.2) is 0 Å². The Morgan fingerprint density at radius 2 is 1.10 bits per heavy atom. The number of ether oxygens (including phenoxy) is 2. The molecule has 7 nitrogen and oxygen atoms in total. The fourth-order valence-corrected chi connectivity index (χ4v) is 3.97. The lowest BCUT2D eigenvalue weighted by Crippen LogP contribution is -2.29. The molecule has 0 rings (SSSR count).